The van der Waals surface area contributed by atoms with E-state index >= 15 is 0 Å². The predicted molar refractivity (Wildman–Crippen MR) is 48.1 cm³/mol. The lowest BCUT2D eigenvalue weighted by molar-refractivity contribution is -0.150. The number of benzene rings is 1. The SMILES string of the molecule is COC(=O)[C@@H](O)c1cccc(C#N)c1. The van der Waals surface area contributed by atoms with Gasteiger partial charge in [0.1, 0.15) is 0 Å². The Bertz CT molecular complexity index is 381. The smallest absolute Gasteiger partial charge is 0.339 e. The van der Waals surface area contributed by atoms with Crippen molar-refractivity contribution in [2.24, 2.45) is 0 Å². The Morgan fingerprint density at radius 1 is 1.64 bits per heavy atom. The Labute approximate surface area is 81.4 Å². The second-order valence-corrected chi connectivity index (χ2v) is 2.66. The fraction of sp³-hybridized carbons (Fsp3) is 0.200. The van der Waals surface area contributed by atoms with Crippen LogP contribution in [0.5, 0.6) is 0 Å². The Hall–Kier alpha value is -1.86. The van der Waals surface area contributed by atoms with Gasteiger partial charge in [-0.05, 0) is 17.7 Å². The first kappa shape index (κ1) is 10.2. The minimum atomic E-state index is -1.33. The summed E-state index contributed by atoms with van der Waals surface area (Å²) in [5.41, 5.74) is 0.751. The first-order chi connectivity index (χ1) is 6.69. The molecule has 0 aliphatic carbocycles. The van der Waals surface area contributed by atoms with Crippen LogP contribution in [0, 0.1) is 11.3 Å². The highest BCUT2D eigenvalue weighted by atomic mass is 16.5. The van der Waals surface area contributed by atoms with E-state index in [1.165, 1.54) is 13.2 Å². The standard InChI is InChI=1S/C10H9NO3/c1-14-10(13)9(12)8-4-2-3-7(5-8)6-11/h2-5,9,12H,1H3/t9-/m0/s1. The quantitative estimate of drug-likeness (QED) is 0.701. The number of aliphatic hydroxyl groups excluding tert-OH is 1. The lowest BCUT2D eigenvalue weighted by Gasteiger charge is -2.07. The zero-order valence-corrected chi connectivity index (χ0v) is 7.60. The van der Waals surface area contributed by atoms with Gasteiger partial charge in [-0.2, -0.15) is 5.26 Å². The minimum absolute atomic E-state index is 0.357. The first-order valence-electron chi connectivity index (χ1n) is 3.95. The average molecular weight is 191 g/mol. The van der Waals surface area contributed by atoms with Crippen molar-refractivity contribution in [3.8, 4) is 6.07 Å². The van der Waals surface area contributed by atoms with Crippen molar-refractivity contribution in [3.05, 3.63) is 35.4 Å². The summed E-state index contributed by atoms with van der Waals surface area (Å²) in [5.74, 6) is -0.736. The van der Waals surface area contributed by atoms with Gasteiger partial charge < -0.3 is 9.84 Å². The van der Waals surface area contributed by atoms with Crippen molar-refractivity contribution in [1.29, 1.82) is 5.26 Å². The summed E-state index contributed by atoms with van der Waals surface area (Å²) in [4.78, 5) is 11.0. The molecular weight excluding hydrogens is 182 g/mol. The van der Waals surface area contributed by atoms with Crippen LogP contribution in [0.15, 0.2) is 24.3 Å². The Morgan fingerprint density at radius 3 is 2.93 bits per heavy atom. The molecule has 1 N–H and O–H groups in total. The molecule has 0 fully saturated rings. The molecule has 0 spiro atoms. The predicted octanol–water partition coefficient (Wildman–Crippen LogP) is 0.765. The molecule has 1 rings (SSSR count). The van der Waals surface area contributed by atoms with Gasteiger partial charge in [-0.15, -0.1) is 0 Å². The highest BCUT2D eigenvalue weighted by Crippen LogP contribution is 2.15. The van der Waals surface area contributed by atoms with Gasteiger partial charge in [0.25, 0.3) is 0 Å². The van der Waals surface area contributed by atoms with Crippen molar-refractivity contribution in [2.45, 2.75) is 6.10 Å². The Kier molecular flexibility index (Phi) is 3.21. The third-order valence-electron chi connectivity index (χ3n) is 1.76. The second-order valence-electron chi connectivity index (χ2n) is 2.66. The molecule has 14 heavy (non-hydrogen) atoms. The van der Waals surface area contributed by atoms with Crippen LogP contribution in [-0.2, 0) is 9.53 Å². The summed E-state index contributed by atoms with van der Waals surface area (Å²) in [5, 5.41) is 18.0. The van der Waals surface area contributed by atoms with E-state index in [9.17, 15) is 9.90 Å². The van der Waals surface area contributed by atoms with E-state index < -0.39 is 12.1 Å². The van der Waals surface area contributed by atoms with Gasteiger partial charge in [-0.3, -0.25) is 0 Å². The molecule has 4 nitrogen and oxygen atoms in total. The third kappa shape index (κ3) is 2.09. The summed E-state index contributed by atoms with van der Waals surface area (Å²) in [6, 6.07) is 8.11. The van der Waals surface area contributed by atoms with Crippen LogP contribution in [0.4, 0.5) is 0 Å². The summed E-state index contributed by atoms with van der Waals surface area (Å²) in [6.45, 7) is 0. The lowest BCUT2D eigenvalue weighted by Crippen LogP contribution is -2.13. The zero-order valence-electron chi connectivity index (χ0n) is 7.60. The molecule has 1 atom stereocenters. The molecule has 0 aliphatic heterocycles. The van der Waals surface area contributed by atoms with Gasteiger partial charge in [0.15, 0.2) is 6.10 Å². The van der Waals surface area contributed by atoms with Gasteiger partial charge in [0.2, 0.25) is 0 Å². The number of rotatable bonds is 2. The topological polar surface area (TPSA) is 70.3 Å². The summed E-state index contributed by atoms with van der Waals surface area (Å²) < 4.78 is 4.37. The van der Waals surface area contributed by atoms with E-state index in [0.29, 0.717) is 11.1 Å². The first-order valence-corrected chi connectivity index (χ1v) is 3.95. The molecule has 0 saturated heterocycles. The Balaban J connectivity index is 2.96. The third-order valence-corrected chi connectivity index (χ3v) is 1.76. The number of esters is 1. The van der Waals surface area contributed by atoms with Gasteiger partial charge in [-0.25, -0.2) is 4.79 Å². The van der Waals surface area contributed by atoms with E-state index in [0.717, 1.165) is 0 Å². The highest BCUT2D eigenvalue weighted by Gasteiger charge is 2.17. The van der Waals surface area contributed by atoms with Crippen molar-refractivity contribution in [2.75, 3.05) is 7.11 Å². The van der Waals surface area contributed by atoms with E-state index in [1.807, 2.05) is 6.07 Å². The molecular formula is C10H9NO3. The monoisotopic (exact) mass is 191 g/mol. The number of aliphatic hydroxyl groups is 1. The molecule has 0 unspecified atom stereocenters. The maximum absolute atomic E-state index is 11.0. The van der Waals surface area contributed by atoms with Crippen LogP contribution in [-0.4, -0.2) is 18.2 Å². The molecule has 0 amide bonds. The minimum Gasteiger partial charge on any atom is -0.467 e. The van der Waals surface area contributed by atoms with Crippen molar-refractivity contribution in [1.82, 2.24) is 0 Å². The fourth-order valence-corrected chi connectivity index (χ4v) is 1.03. The summed E-state index contributed by atoms with van der Waals surface area (Å²) in [7, 11) is 1.19. The van der Waals surface area contributed by atoms with E-state index in [-0.39, 0.29) is 0 Å². The van der Waals surface area contributed by atoms with Crippen molar-refractivity contribution in [3.63, 3.8) is 0 Å². The molecule has 72 valence electrons. The largest absolute Gasteiger partial charge is 0.467 e. The molecule has 0 aromatic heterocycles. The Morgan fingerprint density at radius 2 is 2.36 bits per heavy atom. The van der Waals surface area contributed by atoms with Crippen LogP contribution in [0.2, 0.25) is 0 Å². The second kappa shape index (κ2) is 4.40. The molecule has 1 aromatic carbocycles. The van der Waals surface area contributed by atoms with Crippen molar-refractivity contribution < 1.29 is 14.6 Å². The molecule has 1 aromatic rings. The van der Waals surface area contributed by atoms with Gasteiger partial charge in [0.05, 0.1) is 18.7 Å². The maximum Gasteiger partial charge on any atom is 0.339 e. The fourth-order valence-electron chi connectivity index (χ4n) is 1.03. The van der Waals surface area contributed by atoms with Crippen LogP contribution in [0.25, 0.3) is 0 Å². The highest BCUT2D eigenvalue weighted by molar-refractivity contribution is 5.76. The van der Waals surface area contributed by atoms with Crippen LogP contribution < -0.4 is 0 Å². The number of ether oxygens (including phenoxy) is 1. The number of carbonyl (C=O) groups is 1. The number of nitriles is 1. The van der Waals surface area contributed by atoms with Crippen molar-refractivity contribution >= 4 is 5.97 Å². The maximum atomic E-state index is 11.0. The zero-order chi connectivity index (χ0) is 10.6. The molecule has 0 radical (unpaired) electrons. The van der Waals surface area contributed by atoms with Crippen LogP contribution in [0.3, 0.4) is 0 Å². The summed E-state index contributed by atoms with van der Waals surface area (Å²) >= 11 is 0. The van der Waals surface area contributed by atoms with Gasteiger partial charge >= 0.3 is 5.97 Å². The number of methoxy groups -OCH3 is 1. The number of nitrogens with zero attached hydrogens (tertiary/aromatic N) is 1. The number of carbonyl (C=O) groups excluding carboxylic acids is 1. The average Bonchev–Trinajstić information content (AvgIpc) is 2.27. The van der Waals surface area contributed by atoms with Crippen LogP contribution in [0.1, 0.15) is 17.2 Å². The number of hydrogen-bond donors (Lipinski definition) is 1. The van der Waals surface area contributed by atoms with E-state index in [4.69, 9.17) is 5.26 Å². The lowest BCUT2D eigenvalue weighted by atomic mass is 10.1. The van der Waals surface area contributed by atoms with E-state index in [1.54, 1.807) is 18.2 Å². The molecule has 0 heterocycles. The summed E-state index contributed by atoms with van der Waals surface area (Å²) in [6.07, 6.45) is -1.33. The van der Waals surface area contributed by atoms with E-state index in [2.05, 4.69) is 4.74 Å². The normalized spacial score (nSPS) is 11.5. The van der Waals surface area contributed by atoms with Gasteiger partial charge in [0, 0.05) is 0 Å². The number of hydrogen-bond acceptors (Lipinski definition) is 4. The van der Waals surface area contributed by atoms with Gasteiger partial charge in [-0.1, -0.05) is 12.1 Å². The molecule has 0 aliphatic rings. The van der Waals surface area contributed by atoms with Crippen LogP contribution >= 0.6 is 0 Å². The molecule has 0 bridgehead atoms. The molecule has 0 saturated carbocycles. The molecule has 4 heteroatoms.